The van der Waals surface area contributed by atoms with Crippen molar-refractivity contribution in [3.63, 3.8) is 0 Å². The number of nitrogens with two attached hydrogens (primary N) is 1. The summed E-state index contributed by atoms with van der Waals surface area (Å²) < 4.78 is 14.8. The number of likely N-dealkylation sites (N-methyl/N-ethyl adjacent to an activating group) is 1. The number of hydrogen-bond donors (Lipinski definition) is 2. The molecule has 1 aromatic carbocycles. The number of halogens is 1. The van der Waals surface area contributed by atoms with Crippen LogP contribution in [0, 0.1) is 11.7 Å². The van der Waals surface area contributed by atoms with Gasteiger partial charge >= 0.3 is 0 Å². The fourth-order valence-electron chi connectivity index (χ4n) is 4.43. The van der Waals surface area contributed by atoms with E-state index in [2.05, 4.69) is 20.3 Å². The van der Waals surface area contributed by atoms with Crippen molar-refractivity contribution >= 4 is 29.1 Å². The lowest BCUT2D eigenvalue weighted by molar-refractivity contribution is -0.132. The molecular formula is C27H33FN8O. The zero-order valence-electron chi connectivity index (χ0n) is 21.9. The topological polar surface area (TPSA) is 113 Å². The lowest BCUT2D eigenvalue weighted by atomic mass is 9.95. The summed E-state index contributed by atoms with van der Waals surface area (Å²) >= 11 is 0. The van der Waals surface area contributed by atoms with Crippen LogP contribution in [0.5, 0.6) is 0 Å². The lowest BCUT2D eigenvalue weighted by Crippen LogP contribution is -2.41. The van der Waals surface area contributed by atoms with Crippen molar-refractivity contribution in [3.8, 4) is 11.3 Å². The molecule has 1 amide bonds. The summed E-state index contributed by atoms with van der Waals surface area (Å²) in [5.74, 6) is 0.503. The Balaban J connectivity index is 1.56. The molecule has 0 saturated carbocycles. The minimum atomic E-state index is -0.540. The monoisotopic (exact) mass is 504 g/mol. The minimum absolute atomic E-state index is 0.0987. The summed E-state index contributed by atoms with van der Waals surface area (Å²) in [4.78, 5) is 33.8. The van der Waals surface area contributed by atoms with Gasteiger partial charge in [0, 0.05) is 54.8 Å². The number of amides is 1. The Labute approximate surface area is 216 Å². The average Bonchev–Trinajstić information content (AvgIpc) is 2.86. The van der Waals surface area contributed by atoms with Gasteiger partial charge in [-0.05, 0) is 43.8 Å². The number of aromatic nitrogens is 3. The Kier molecular flexibility index (Phi) is 7.77. The van der Waals surface area contributed by atoms with E-state index >= 15 is 0 Å². The maximum atomic E-state index is 14.8. The van der Waals surface area contributed by atoms with E-state index in [1.807, 2.05) is 55.9 Å². The van der Waals surface area contributed by atoms with Gasteiger partial charge in [-0.3, -0.25) is 9.79 Å². The zero-order chi connectivity index (χ0) is 26.7. The van der Waals surface area contributed by atoms with Crippen LogP contribution in [0.4, 0.5) is 21.8 Å². The third-order valence-corrected chi connectivity index (χ3v) is 6.23. The van der Waals surface area contributed by atoms with E-state index in [-0.39, 0.29) is 23.5 Å². The van der Waals surface area contributed by atoms with Crippen LogP contribution in [0.1, 0.15) is 30.7 Å². The number of fused-ring (bicyclic) bond motifs is 1. The molecule has 1 aliphatic rings. The van der Waals surface area contributed by atoms with E-state index in [4.69, 9.17) is 10.7 Å². The molecule has 0 fully saturated rings. The lowest BCUT2D eigenvalue weighted by Gasteiger charge is -2.29. The Morgan fingerprint density at radius 1 is 1.24 bits per heavy atom. The molecule has 0 saturated heterocycles. The molecule has 37 heavy (non-hydrogen) atoms. The summed E-state index contributed by atoms with van der Waals surface area (Å²) in [6, 6.07) is 9.06. The third-order valence-electron chi connectivity index (χ3n) is 6.23. The highest BCUT2D eigenvalue weighted by molar-refractivity contribution is 6.06. The predicted octanol–water partition coefficient (Wildman–Crippen LogP) is 3.52. The molecule has 194 valence electrons. The fourth-order valence-corrected chi connectivity index (χ4v) is 4.43. The van der Waals surface area contributed by atoms with E-state index in [0.717, 1.165) is 28.7 Å². The van der Waals surface area contributed by atoms with Gasteiger partial charge in [0.15, 0.2) is 5.82 Å². The SMILES string of the molecule is CN=C(c1cc(-c2nc(Nc3ccc4c(n3)CCN(C(=O)CN(C)C)C4)ncc2F)ccc1N)C(C)C. The highest BCUT2D eigenvalue weighted by Gasteiger charge is 2.22. The van der Waals surface area contributed by atoms with Gasteiger partial charge < -0.3 is 20.9 Å². The number of anilines is 3. The van der Waals surface area contributed by atoms with Gasteiger partial charge in [0.25, 0.3) is 0 Å². The fraction of sp³-hybridized carbons (Fsp3) is 0.370. The molecule has 0 spiro atoms. The Morgan fingerprint density at radius 3 is 2.73 bits per heavy atom. The molecule has 9 nitrogen and oxygen atoms in total. The second-order valence-electron chi connectivity index (χ2n) is 9.69. The van der Waals surface area contributed by atoms with E-state index < -0.39 is 5.82 Å². The van der Waals surface area contributed by atoms with Crippen LogP contribution in [0.3, 0.4) is 0 Å². The zero-order valence-corrected chi connectivity index (χ0v) is 21.9. The predicted molar refractivity (Wildman–Crippen MR) is 144 cm³/mol. The molecule has 3 heterocycles. The summed E-state index contributed by atoms with van der Waals surface area (Å²) in [5.41, 5.74) is 11.0. The third kappa shape index (κ3) is 5.91. The van der Waals surface area contributed by atoms with Crippen molar-refractivity contribution in [2.24, 2.45) is 10.9 Å². The van der Waals surface area contributed by atoms with E-state index in [9.17, 15) is 9.18 Å². The number of aliphatic imine (C=N–C) groups is 1. The smallest absolute Gasteiger partial charge is 0.237 e. The standard InChI is InChI=1S/C27H33FN8O/c1-16(2)25(30-3)19-12-17(6-8-21(19)29)26-20(28)13-31-27(34-26)33-23-9-7-18-14-36(11-10-22(18)32-23)24(37)15-35(4)5/h6-9,12-13,16H,10-11,14-15,29H2,1-5H3,(H,31,32,33,34). The molecule has 10 heteroatoms. The van der Waals surface area contributed by atoms with Gasteiger partial charge in [0.2, 0.25) is 11.9 Å². The van der Waals surface area contributed by atoms with Gasteiger partial charge in [-0.2, -0.15) is 0 Å². The van der Waals surface area contributed by atoms with Crippen LogP contribution < -0.4 is 11.1 Å². The molecule has 0 atom stereocenters. The van der Waals surface area contributed by atoms with Gasteiger partial charge in [-0.1, -0.05) is 26.0 Å². The second kappa shape index (κ2) is 11.0. The number of nitrogen functional groups attached to an aromatic ring is 1. The number of carbonyl (C=O) groups is 1. The van der Waals surface area contributed by atoms with Crippen molar-refractivity contribution < 1.29 is 9.18 Å². The first kappa shape index (κ1) is 26.2. The number of benzene rings is 1. The van der Waals surface area contributed by atoms with Crippen molar-refractivity contribution in [2.45, 2.75) is 26.8 Å². The minimum Gasteiger partial charge on any atom is -0.398 e. The van der Waals surface area contributed by atoms with Gasteiger partial charge in [-0.25, -0.2) is 19.3 Å². The van der Waals surface area contributed by atoms with Gasteiger partial charge in [0.05, 0.1) is 12.7 Å². The molecule has 0 radical (unpaired) electrons. The van der Waals surface area contributed by atoms with Crippen LogP contribution in [0.15, 0.2) is 41.5 Å². The second-order valence-corrected chi connectivity index (χ2v) is 9.69. The first-order valence-electron chi connectivity index (χ1n) is 12.2. The normalized spacial score (nSPS) is 13.7. The largest absolute Gasteiger partial charge is 0.398 e. The van der Waals surface area contributed by atoms with E-state index in [0.29, 0.717) is 43.1 Å². The van der Waals surface area contributed by atoms with Crippen LogP contribution in [0.2, 0.25) is 0 Å². The Hall–Kier alpha value is -3.92. The van der Waals surface area contributed by atoms with Crippen LogP contribution in [-0.2, 0) is 17.8 Å². The molecule has 2 aromatic heterocycles. The van der Waals surface area contributed by atoms with Crippen LogP contribution in [-0.4, -0.2) is 70.6 Å². The molecule has 4 rings (SSSR count). The maximum Gasteiger partial charge on any atom is 0.237 e. The highest BCUT2D eigenvalue weighted by Crippen LogP contribution is 2.28. The van der Waals surface area contributed by atoms with Crippen molar-refractivity contribution in [1.82, 2.24) is 24.8 Å². The van der Waals surface area contributed by atoms with Crippen molar-refractivity contribution in [2.75, 3.05) is 45.3 Å². The number of pyridine rings is 1. The first-order chi connectivity index (χ1) is 17.7. The van der Waals surface area contributed by atoms with Gasteiger partial charge in [0.1, 0.15) is 11.5 Å². The van der Waals surface area contributed by atoms with Crippen LogP contribution in [0.25, 0.3) is 11.3 Å². The Morgan fingerprint density at radius 2 is 2.03 bits per heavy atom. The number of hydrogen-bond acceptors (Lipinski definition) is 8. The number of nitrogens with zero attached hydrogens (tertiary/aromatic N) is 6. The van der Waals surface area contributed by atoms with Crippen molar-refractivity contribution in [3.05, 3.63) is 59.2 Å². The first-order valence-corrected chi connectivity index (χ1v) is 12.2. The highest BCUT2D eigenvalue weighted by atomic mass is 19.1. The molecule has 3 aromatic rings. The van der Waals surface area contributed by atoms with Gasteiger partial charge in [-0.15, -0.1) is 0 Å². The quantitative estimate of drug-likeness (QED) is 0.374. The molecule has 3 N–H and O–H groups in total. The number of nitrogens with one attached hydrogen (secondary N) is 1. The average molecular weight is 505 g/mol. The number of carbonyl (C=O) groups excluding carboxylic acids is 1. The number of rotatable bonds is 7. The van der Waals surface area contributed by atoms with E-state index in [1.165, 1.54) is 0 Å². The molecule has 1 aliphatic heterocycles. The summed E-state index contributed by atoms with van der Waals surface area (Å²) in [6.07, 6.45) is 1.80. The molecule has 0 aliphatic carbocycles. The Bertz CT molecular complexity index is 1340. The summed E-state index contributed by atoms with van der Waals surface area (Å²) in [5, 5.41) is 3.09. The van der Waals surface area contributed by atoms with E-state index in [1.54, 1.807) is 19.2 Å². The maximum absolute atomic E-state index is 14.8. The molecule has 0 unspecified atom stereocenters. The molecule has 0 bridgehead atoms. The summed E-state index contributed by atoms with van der Waals surface area (Å²) in [7, 11) is 5.49. The van der Waals surface area contributed by atoms with Crippen LogP contribution >= 0.6 is 0 Å². The summed E-state index contributed by atoms with van der Waals surface area (Å²) in [6.45, 7) is 5.60. The molecular weight excluding hydrogens is 471 g/mol. The van der Waals surface area contributed by atoms with Crippen molar-refractivity contribution in [1.29, 1.82) is 0 Å².